The van der Waals surface area contributed by atoms with Crippen LogP contribution in [0.2, 0.25) is 0 Å². The van der Waals surface area contributed by atoms with Crippen molar-refractivity contribution in [3.05, 3.63) is 48.0 Å². The number of benzene rings is 1. The van der Waals surface area contributed by atoms with Crippen molar-refractivity contribution in [2.24, 2.45) is 11.8 Å². The van der Waals surface area contributed by atoms with E-state index in [1.807, 2.05) is 0 Å². The zero-order valence-electron chi connectivity index (χ0n) is 17.5. The van der Waals surface area contributed by atoms with Crippen molar-refractivity contribution in [1.82, 2.24) is 0 Å². The molecule has 0 unspecified atom stereocenters. The minimum absolute atomic E-state index is 0.271. The molecule has 2 heterocycles. The van der Waals surface area contributed by atoms with Gasteiger partial charge in [0.05, 0.1) is 12.2 Å². The molecule has 2 saturated heterocycles. The first-order valence-corrected chi connectivity index (χ1v) is 12.5. The van der Waals surface area contributed by atoms with Crippen LogP contribution in [-0.4, -0.2) is 34.8 Å². The molecule has 2 fully saturated rings. The molecule has 1 aromatic rings. The van der Waals surface area contributed by atoms with E-state index in [4.69, 9.17) is 9.84 Å². The van der Waals surface area contributed by atoms with E-state index in [0.717, 1.165) is 25.2 Å². The number of thioether (sulfide) groups is 1. The smallest absolute Gasteiger partial charge is 0.303 e. The lowest BCUT2D eigenvalue weighted by molar-refractivity contribution is -0.137. The molecule has 3 nitrogen and oxygen atoms in total. The highest BCUT2D eigenvalue weighted by Gasteiger charge is 2.47. The topological polar surface area (TPSA) is 46.5 Å². The number of carboxylic acid groups (broad SMARTS) is 1. The standard InChI is InChI=1S/C25H36O3S/c26-25(27)14-7-2-1-6-12-21-22(24-16-15-23(21)28-24)13-8-9-18-29-19-17-20-10-4-3-5-11-20/h1,3-6,10-11,21-24H,2,7-9,12-19H2,(H,26,27)/b6-1-/t21-,22+,23-,24+/m1/s1. The number of ether oxygens (including phenoxy) is 1. The van der Waals surface area contributed by atoms with Gasteiger partial charge in [0.2, 0.25) is 0 Å². The van der Waals surface area contributed by atoms with Crippen LogP contribution in [0.5, 0.6) is 0 Å². The lowest BCUT2D eigenvalue weighted by Gasteiger charge is -2.27. The Labute approximate surface area is 180 Å². The molecule has 160 valence electrons. The molecule has 0 radical (unpaired) electrons. The minimum atomic E-state index is -0.696. The van der Waals surface area contributed by atoms with E-state index in [1.165, 1.54) is 55.6 Å². The Balaban J connectivity index is 1.28. The summed E-state index contributed by atoms with van der Waals surface area (Å²) >= 11 is 2.09. The second kappa shape index (κ2) is 12.4. The molecular weight excluding hydrogens is 380 g/mol. The first kappa shape index (κ1) is 22.4. The lowest BCUT2D eigenvalue weighted by Crippen LogP contribution is -2.26. The molecule has 0 amide bonds. The molecular formula is C25H36O3S. The molecule has 4 heteroatoms. The molecule has 3 rings (SSSR count). The summed E-state index contributed by atoms with van der Waals surface area (Å²) in [7, 11) is 0. The molecule has 4 atom stereocenters. The highest BCUT2D eigenvalue weighted by molar-refractivity contribution is 7.99. The summed E-state index contributed by atoms with van der Waals surface area (Å²) in [4.78, 5) is 10.6. The number of allylic oxidation sites excluding steroid dienone is 2. The van der Waals surface area contributed by atoms with Gasteiger partial charge in [0, 0.05) is 6.42 Å². The third-order valence-corrected chi connectivity index (χ3v) is 7.45. The number of carboxylic acids is 1. The molecule has 2 bridgehead atoms. The SMILES string of the molecule is O=C(O)CCC/C=C\C[C@@H]1[C@H](CCCCSCCc2ccccc2)[C@@H]2CC[C@H]1O2. The first-order valence-electron chi connectivity index (χ1n) is 11.4. The van der Waals surface area contributed by atoms with Gasteiger partial charge in [0.25, 0.3) is 0 Å². The van der Waals surface area contributed by atoms with Crippen molar-refractivity contribution < 1.29 is 14.6 Å². The number of aliphatic carboxylic acids is 1. The summed E-state index contributed by atoms with van der Waals surface area (Å²) in [6.07, 6.45) is 16.0. The number of carbonyl (C=O) groups is 1. The van der Waals surface area contributed by atoms with Gasteiger partial charge in [-0.1, -0.05) is 48.9 Å². The van der Waals surface area contributed by atoms with E-state index in [0.29, 0.717) is 18.1 Å². The quantitative estimate of drug-likeness (QED) is 0.293. The normalized spacial score (nSPS) is 25.8. The highest BCUT2D eigenvalue weighted by Crippen LogP contribution is 2.47. The van der Waals surface area contributed by atoms with Crippen molar-refractivity contribution >= 4 is 17.7 Å². The predicted molar refractivity (Wildman–Crippen MR) is 121 cm³/mol. The fourth-order valence-electron chi connectivity index (χ4n) is 4.86. The fraction of sp³-hybridized carbons (Fsp3) is 0.640. The Morgan fingerprint density at radius 3 is 2.62 bits per heavy atom. The van der Waals surface area contributed by atoms with Gasteiger partial charge < -0.3 is 9.84 Å². The van der Waals surface area contributed by atoms with Crippen LogP contribution in [0.4, 0.5) is 0 Å². The third kappa shape index (κ3) is 7.49. The molecule has 1 N–H and O–H groups in total. The number of fused-ring (bicyclic) bond motifs is 2. The Morgan fingerprint density at radius 1 is 1.03 bits per heavy atom. The van der Waals surface area contributed by atoms with Crippen LogP contribution >= 0.6 is 11.8 Å². The van der Waals surface area contributed by atoms with E-state index >= 15 is 0 Å². The van der Waals surface area contributed by atoms with Crippen molar-refractivity contribution in [3.8, 4) is 0 Å². The van der Waals surface area contributed by atoms with Gasteiger partial charge >= 0.3 is 5.97 Å². The first-order chi connectivity index (χ1) is 14.2. The second-order valence-electron chi connectivity index (χ2n) is 8.45. The van der Waals surface area contributed by atoms with Gasteiger partial charge in [-0.3, -0.25) is 4.79 Å². The van der Waals surface area contributed by atoms with Crippen LogP contribution < -0.4 is 0 Å². The Bertz CT molecular complexity index is 630. The van der Waals surface area contributed by atoms with Crippen LogP contribution in [0.3, 0.4) is 0 Å². The third-order valence-electron chi connectivity index (χ3n) is 6.38. The molecule has 29 heavy (non-hydrogen) atoms. The van der Waals surface area contributed by atoms with Crippen LogP contribution in [0, 0.1) is 11.8 Å². The van der Waals surface area contributed by atoms with Crippen LogP contribution in [0.1, 0.15) is 63.4 Å². The van der Waals surface area contributed by atoms with Crippen LogP contribution in [-0.2, 0) is 16.0 Å². The average Bonchev–Trinajstić information content (AvgIpc) is 3.32. The monoisotopic (exact) mass is 416 g/mol. The molecule has 0 aromatic heterocycles. The van der Waals surface area contributed by atoms with Gasteiger partial charge in [0.1, 0.15) is 0 Å². The average molecular weight is 417 g/mol. The number of hydrogen-bond donors (Lipinski definition) is 1. The van der Waals surface area contributed by atoms with Crippen molar-refractivity contribution in [3.63, 3.8) is 0 Å². The summed E-state index contributed by atoms with van der Waals surface area (Å²) < 4.78 is 6.23. The van der Waals surface area contributed by atoms with Gasteiger partial charge in [-0.25, -0.2) is 0 Å². The van der Waals surface area contributed by atoms with Crippen LogP contribution in [0.25, 0.3) is 0 Å². The lowest BCUT2D eigenvalue weighted by atomic mass is 9.75. The maximum atomic E-state index is 10.6. The molecule has 0 saturated carbocycles. The zero-order chi connectivity index (χ0) is 20.3. The molecule has 1 aromatic carbocycles. The number of hydrogen-bond acceptors (Lipinski definition) is 3. The maximum Gasteiger partial charge on any atom is 0.303 e. The molecule has 2 aliphatic heterocycles. The summed E-state index contributed by atoms with van der Waals surface area (Å²) in [5, 5.41) is 8.71. The van der Waals surface area contributed by atoms with E-state index in [1.54, 1.807) is 0 Å². The van der Waals surface area contributed by atoms with E-state index in [9.17, 15) is 4.79 Å². The summed E-state index contributed by atoms with van der Waals surface area (Å²) in [5.41, 5.74) is 1.44. The van der Waals surface area contributed by atoms with Gasteiger partial charge in [-0.15, -0.1) is 0 Å². The zero-order valence-corrected chi connectivity index (χ0v) is 18.3. The predicted octanol–water partition coefficient (Wildman–Crippen LogP) is 6.13. The largest absolute Gasteiger partial charge is 0.481 e. The van der Waals surface area contributed by atoms with Crippen molar-refractivity contribution in [2.45, 2.75) is 76.4 Å². The number of unbranched alkanes of at least 4 members (excludes halogenated alkanes) is 2. The van der Waals surface area contributed by atoms with E-state index in [-0.39, 0.29) is 6.42 Å². The Kier molecular flexibility index (Phi) is 9.62. The summed E-state index contributed by atoms with van der Waals surface area (Å²) in [5.74, 6) is 3.19. The Hall–Kier alpha value is -1.26. The maximum absolute atomic E-state index is 10.6. The van der Waals surface area contributed by atoms with Crippen LogP contribution in [0.15, 0.2) is 42.5 Å². The number of aryl methyl sites for hydroxylation is 1. The van der Waals surface area contributed by atoms with E-state index in [2.05, 4.69) is 54.2 Å². The Morgan fingerprint density at radius 2 is 1.83 bits per heavy atom. The van der Waals surface area contributed by atoms with Crippen molar-refractivity contribution in [1.29, 1.82) is 0 Å². The summed E-state index contributed by atoms with van der Waals surface area (Å²) in [6, 6.07) is 10.8. The minimum Gasteiger partial charge on any atom is -0.481 e. The van der Waals surface area contributed by atoms with Gasteiger partial charge in [0.15, 0.2) is 0 Å². The van der Waals surface area contributed by atoms with Crippen molar-refractivity contribution in [2.75, 3.05) is 11.5 Å². The molecule has 0 spiro atoms. The fourth-order valence-corrected chi connectivity index (χ4v) is 5.85. The van der Waals surface area contributed by atoms with E-state index < -0.39 is 5.97 Å². The highest BCUT2D eigenvalue weighted by atomic mass is 32.2. The summed E-state index contributed by atoms with van der Waals surface area (Å²) in [6.45, 7) is 0. The molecule has 0 aliphatic carbocycles. The van der Waals surface area contributed by atoms with Gasteiger partial charge in [-0.05, 0) is 80.3 Å². The second-order valence-corrected chi connectivity index (χ2v) is 9.68. The number of rotatable bonds is 14. The van der Waals surface area contributed by atoms with Gasteiger partial charge in [-0.2, -0.15) is 11.8 Å². The molecule has 2 aliphatic rings.